The SMILES string of the molecule is CN(C)c1ccc(C(C)(O)CN)cn1. The standard InChI is InChI=1S/C10H17N3O/c1-10(14,7-11)8-4-5-9(12-6-8)13(2)3/h4-6,14H,7,11H2,1-3H3. The molecule has 0 aliphatic carbocycles. The Labute approximate surface area is 84.4 Å². The minimum Gasteiger partial charge on any atom is -0.384 e. The van der Waals surface area contributed by atoms with Crippen molar-refractivity contribution in [1.82, 2.24) is 4.98 Å². The van der Waals surface area contributed by atoms with Crippen LogP contribution in [-0.4, -0.2) is 30.7 Å². The summed E-state index contributed by atoms with van der Waals surface area (Å²) in [4.78, 5) is 6.11. The van der Waals surface area contributed by atoms with Crippen molar-refractivity contribution in [2.45, 2.75) is 12.5 Å². The van der Waals surface area contributed by atoms with Crippen LogP contribution in [0, 0.1) is 0 Å². The third-order valence-corrected chi connectivity index (χ3v) is 2.23. The molecule has 78 valence electrons. The number of rotatable bonds is 3. The Morgan fingerprint density at radius 1 is 1.50 bits per heavy atom. The number of anilines is 1. The summed E-state index contributed by atoms with van der Waals surface area (Å²) in [7, 11) is 3.84. The van der Waals surface area contributed by atoms with Gasteiger partial charge in [0.05, 0.1) is 0 Å². The van der Waals surface area contributed by atoms with Gasteiger partial charge >= 0.3 is 0 Å². The van der Waals surface area contributed by atoms with E-state index in [2.05, 4.69) is 4.98 Å². The molecule has 0 fully saturated rings. The normalized spacial score (nSPS) is 14.9. The zero-order valence-electron chi connectivity index (χ0n) is 8.86. The average Bonchev–Trinajstić information content (AvgIpc) is 2.18. The Morgan fingerprint density at radius 2 is 2.14 bits per heavy atom. The highest BCUT2D eigenvalue weighted by molar-refractivity contribution is 5.38. The van der Waals surface area contributed by atoms with Crippen molar-refractivity contribution in [2.75, 3.05) is 25.5 Å². The van der Waals surface area contributed by atoms with Gasteiger partial charge in [0.2, 0.25) is 0 Å². The number of hydrogen-bond acceptors (Lipinski definition) is 4. The van der Waals surface area contributed by atoms with Crippen LogP contribution in [0.25, 0.3) is 0 Å². The average molecular weight is 195 g/mol. The van der Waals surface area contributed by atoms with Crippen molar-refractivity contribution in [1.29, 1.82) is 0 Å². The van der Waals surface area contributed by atoms with E-state index in [4.69, 9.17) is 5.73 Å². The quantitative estimate of drug-likeness (QED) is 0.729. The van der Waals surface area contributed by atoms with Gasteiger partial charge < -0.3 is 15.7 Å². The molecule has 1 aromatic rings. The first-order valence-electron chi connectivity index (χ1n) is 4.53. The predicted octanol–water partition coefficient (Wildman–Crippen LogP) is 0.314. The maximum absolute atomic E-state index is 9.85. The molecule has 0 saturated carbocycles. The van der Waals surface area contributed by atoms with E-state index in [1.165, 1.54) is 0 Å². The first kappa shape index (κ1) is 10.9. The molecule has 1 aromatic heterocycles. The van der Waals surface area contributed by atoms with E-state index in [0.717, 1.165) is 11.4 Å². The molecule has 0 spiro atoms. The van der Waals surface area contributed by atoms with Crippen LogP contribution in [0.15, 0.2) is 18.3 Å². The van der Waals surface area contributed by atoms with Gasteiger partial charge in [0.1, 0.15) is 11.4 Å². The van der Waals surface area contributed by atoms with Gasteiger partial charge in [-0.1, -0.05) is 6.07 Å². The summed E-state index contributed by atoms with van der Waals surface area (Å²) in [5.41, 5.74) is 5.20. The lowest BCUT2D eigenvalue weighted by atomic mass is 9.98. The molecule has 4 nitrogen and oxygen atoms in total. The number of aromatic nitrogens is 1. The summed E-state index contributed by atoms with van der Waals surface area (Å²) in [6.07, 6.45) is 1.65. The van der Waals surface area contributed by atoms with Crippen LogP contribution >= 0.6 is 0 Å². The topological polar surface area (TPSA) is 62.4 Å². The van der Waals surface area contributed by atoms with E-state index in [0.29, 0.717) is 0 Å². The Balaban J connectivity index is 2.94. The van der Waals surface area contributed by atoms with E-state index in [1.807, 2.05) is 31.1 Å². The highest BCUT2D eigenvalue weighted by Crippen LogP contribution is 2.19. The molecular weight excluding hydrogens is 178 g/mol. The summed E-state index contributed by atoms with van der Waals surface area (Å²) < 4.78 is 0. The molecule has 14 heavy (non-hydrogen) atoms. The maximum atomic E-state index is 9.85. The molecule has 4 heteroatoms. The number of pyridine rings is 1. The van der Waals surface area contributed by atoms with Crippen molar-refractivity contribution in [3.8, 4) is 0 Å². The largest absolute Gasteiger partial charge is 0.384 e. The monoisotopic (exact) mass is 195 g/mol. The van der Waals surface area contributed by atoms with Crippen LogP contribution < -0.4 is 10.6 Å². The smallest absolute Gasteiger partial charge is 0.127 e. The van der Waals surface area contributed by atoms with Gasteiger partial charge in [0, 0.05) is 32.4 Å². The van der Waals surface area contributed by atoms with Gasteiger partial charge in [-0.2, -0.15) is 0 Å². The maximum Gasteiger partial charge on any atom is 0.127 e. The van der Waals surface area contributed by atoms with Gasteiger partial charge in [-0.25, -0.2) is 4.98 Å². The third kappa shape index (κ3) is 2.21. The minimum absolute atomic E-state index is 0.190. The molecule has 1 rings (SSSR count). The minimum atomic E-state index is -0.988. The van der Waals surface area contributed by atoms with E-state index < -0.39 is 5.60 Å². The second-order valence-corrected chi connectivity index (χ2v) is 3.78. The number of nitrogens with two attached hydrogens (primary N) is 1. The van der Waals surface area contributed by atoms with Crippen LogP contribution in [0.4, 0.5) is 5.82 Å². The molecule has 0 saturated heterocycles. The Bertz CT molecular complexity index is 293. The van der Waals surface area contributed by atoms with Crippen molar-refractivity contribution >= 4 is 5.82 Å². The zero-order chi connectivity index (χ0) is 10.8. The molecular formula is C10H17N3O. The molecule has 3 N–H and O–H groups in total. The summed E-state index contributed by atoms with van der Waals surface area (Å²) in [5, 5.41) is 9.85. The second kappa shape index (κ2) is 3.94. The fourth-order valence-electron chi connectivity index (χ4n) is 1.09. The Hall–Kier alpha value is -1.13. The predicted molar refractivity (Wildman–Crippen MR) is 57.2 cm³/mol. The molecule has 0 aliphatic heterocycles. The number of hydrogen-bond donors (Lipinski definition) is 2. The van der Waals surface area contributed by atoms with Crippen molar-refractivity contribution in [2.24, 2.45) is 5.73 Å². The molecule has 0 amide bonds. The lowest BCUT2D eigenvalue weighted by molar-refractivity contribution is 0.0665. The summed E-state index contributed by atoms with van der Waals surface area (Å²) >= 11 is 0. The zero-order valence-corrected chi connectivity index (χ0v) is 8.86. The molecule has 1 unspecified atom stereocenters. The van der Waals surface area contributed by atoms with Crippen LogP contribution in [0.5, 0.6) is 0 Å². The molecule has 0 bridgehead atoms. The first-order chi connectivity index (χ1) is 6.47. The molecule has 1 atom stereocenters. The van der Waals surface area contributed by atoms with Gasteiger partial charge in [-0.05, 0) is 13.0 Å². The lowest BCUT2D eigenvalue weighted by Crippen LogP contribution is -2.31. The van der Waals surface area contributed by atoms with Crippen LogP contribution in [0.1, 0.15) is 12.5 Å². The fourth-order valence-corrected chi connectivity index (χ4v) is 1.09. The van der Waals surface area contributed by atoms with Crippen molar-refractivity contribution in [3.05, 3.63) is 23.9 Å². The van der Waals surface area contributed by atoms with E-state index in [9.17, 15) is 5.11 Å². The summed E-state index contributed by atoms with van der Waals surface area (Å²) in [6, 6.07) is 3.70. The van der Waals surface area contributed by atoms with Crippen LogP contribution in [0.3, 0.4) is 0 Å². The van der Waals surface area contributed by atoms with Gasteiger partial charge in [-0.15, -0.1) is 0 Å². The Kier molecular flexibility index (Phi) is 3.08. The third-order valence-electron chi connectivity index (χ3n) is 2.23. The van der Waals surface area contributed by atoms with Gasteiger partial charge in [-0.3, -0.25) is 0 Å². The van der Waals surface area contributed by atoms with Gasteiger partial charge in [0.25, 0.3) is 0 Å². The first-order valence-corrected chi connectivity index (χ1v) is 4.53. The fraction of sp³-hybridized carbons (Fsp3) is 0.500. The lowest BCUT2D eigenvalue weighted by Gasteiger charge is -2.21. The molecule has 1 heterocycles. The highest BCUT2D eigenvalue weighted by atomic mass is 16.3. The van der Waals surface area contributed by atoms with E-state index in [-0.39, 0.29) is 6.54 Å². The molecule has 0 radical (unpaired) electrons. The van der Waals surface area contributed by atoms with E-state index >= 15 is 0 Å². The summed E-state index contributed by atoms with van der Waals surface area (Å²) in [5.74, 6) is 0.863. The van der Waals surface area contributed by atoms with Gasteiger partial charge in [0.15, 0.2) is 0 Å². The van der Waals surface area contributed by atoms with E-state index in [1.54, 1.807) is 13.1 Å². The van der Waals surface area contributed by atoms with Crippen LogP contribution in [-0.2, 0) is 5.60 Å². The summed E-state index contributed by atoms with van der Waals surface area (Å²) in [6.45, 7) is 1.87. The number of aliphatic hydroxyl groups is 1. The number of nitrogens with zero attached hydrogens (tertiary/aromatic N) is 2. The highest BCUT2D eigenvalue weighted by Gasteiger charge is 2.20. The molecule has 0 aromatic carbocycles. The van der Waals surface area contributed by atoms with Crippen molar-refractivity contribution in [3.63, 3.8) is 0 Å². The Morgan fingerprint density at radius 3 is 2.50 bits per heavy atom. The molecule has 0 aliphatic rings. The van der Waals surface area contributed by atoms with Crippen molar-refractivity contribution < 1.29 is 5.11 Å². The van der Waals surface area contributed by atoms with Crippen LogP contribution in [0.2, 0.25) is 0 Å². The second-order valence-electron chi connectivity index (χ2n) is 3.78.